The van der Waals surface area contributed by atoms with E-state index in [4.69, 9.17) is 34.8 Å². The van der Waals surface area contributed by atoms with E-state index in [9.17, 15) is 35.9 Å². The van der Waals surface area contributed by atoms with Crippen LogP contribution in [0.1, 0.15) is 23.1 Å². The molecule has 0 unspecified atom stereocenters. The van der Waals surface area contributed by atoms with Crippen LogP contribution in [-0.4, -0.2) is 11.8 Å². The number of hydrogen-bond donors (Lipinski definition) is 2. The molecule has 0 saturated carbocycles. The molecule has 31 heavy (non-hydrogen) atoms. The smallest absolute Gasteiger partial charge is 0.352 e. The van der Waals surface area contributed by atoms with Gasteiger partial charge in [-0.2, -0.15) is 26.3 Å². The Morgan fingerprint density at radius 2 is 1.26 bits per heavy atom. The molecule has 13 heteroatoms. The van der Waals surface area contributed by atoms with Gasteiger partial charge in [0.05, 0.1) is 31.9 Å². The van der Waals surface area contributed by atoms with Crippen LogP contribution in [0.3, 0.4) is 0 Å². The van der Waals surface area contributed by atoms with Crippen molar-refractivity contribution in [2.45, 2.75) is 25.3 Å². The molecule has 0 aliphatic rings. The fourth-order valence-electron chi connectivity index (χ4n) is 2.34. The zero-order valence-electron chi connectivity index (χ0n) is 15.0. The van der Waals surface area contributed by atoms with Crippen molar-refractivity contribution < 1.29 is 35.9 Å². The summed E-state index contributed by atoms with van der Waals surface area (Å²) in [4.78, 5) is 23.8. The molecule has 0 heterocycles. The number of anilines is 1. The number of carbonyl (C=O) groups is 2. The van der Waals surface area contributed by atoms with E-state index in [0.29, 0.717) is 12.1 Å². The Balaban J connectivity index is 2.05. The maximum atomic E-state index is 12.9. The Morgan fingerprint density at radius 1 is 0.742 bits per heavy atom. The van der Waals surface area contributed by atoms with Gasteiger partial charge in [-0.25, -0.2) is 0 Å². The minimum absolute atomic E-state index is 0.0280. The van der Waals surface area contributed by atoms with Gasteiger partial charge in [0, 0.05) is 6.54 Å². The second-order valence-electron chi connectivity index (χ2n) is 6.16. The molecule has 0 aromatic heterocycles. The molecule has 0 aliphatic heterocycles. The summed E-state index contributed by atoms with van der Waals surface area (Å²) in [5, 5.41) is 4.63. The molecular weight excluding hydrogens is 497 g/mol. The first-order valence-corrected chi connectivity index (χ1v) is 9.29. The number of amides is 2. The average Bonchev–Trinajstić information content (AvgIpc) is 2.62. The van der Waals surface area contributed by atoms with Crippen LogP contribution in [0.5, 0.6) is 0 Å². The van der Waals surface area contributed by atoms with Crippen LogP contribution in [0.4, 0.5) is 32.0 Å². The van der Waals surface area contributed by atoms with Crippen LogP contribution < -0.4 is 10.6 Å². The van der Waals surface area contributed by atoms with Gasteiger partial charge in [-0.15, -0.1) is 0 Å². The Bertz CT molecular complexity index is 977. The predicted octanol–water partition coefficient (Wildman–Crippen LogP) is 6.33. The van der Waals surface area contributed by atoms with E-state index >= 15 is 0 Å². The average molecular weight is 508 g/mol. The lowest BCUT2D eigenvalue weighted by Gasteiger charge is -2.14. The van der Waals surface area contributed by atoms with E-state index in [2.05, 4.69) is 10.6 Å². The summed E-state index contributed by atoms with van der Waals surface area (Å²) in [6, 6.07) is 3.42. The molecule has 2 aromatic rings. The zero-order chi connectivity index (χ0) is 23.6. The maximum absolute atomic E-state index is 12.9. The molecule has 2 amide bonds. The van der Waals surface area contributed by atoms with Gasteiger partial charge in [-0.1, -0.05) is 34.8 Å². The van der Waals surface area contributed by atoms with Gasteiger partial charge in [0.25, 0.3) is 0 Å². The van der Waals surface area contributed by atoms with Gasteiger partial charge in [-0.3, -0.25) is 9.59 Å². The second-order valence-corrected chi connectivity index (χ2v) is 7.38. The third-order valence-corrected chi connectivity index (χ3v) is 4.78. The molecule has 0 spiro atoms. The van der Waals surface area contributed by atoms with Crippen LogP contribution in [0, 0.1) is 0 Å². The summed E-state index contributed by atoms with van der Waals surface area (Å²) in [7, 11) is 0. The first-order chi connectivity index (χ1) is 14.2. The molecule has 0 bridgehead atoms. The molecule has 2 N–H and O–H groups in total. The lowest BCUT2D eigenvalue weighted by molar-refractivity contribution is -0.143. The fourth-order valence-corrected chi connectivity index (χ4v) is 2.94. The van der Waals surface area contributed by atoms with Gasteiger partial charge >= 0.3 is 12.4 Å². The van der Waals surface area contributed by atoms with Crippen molar-refractivity contribution in [1.29, 1.82) is 0 Å². The number of halogens is 9. The highest BCUT2D eigenvalue weighted by molar-refractivity contribution is 6.44. The van der Waals surface area contributed by atoms with E-state index in [-0.39, 0.29) is 26.8 Å². The highest BCUT2D eigenvalue weighted by Gasteiger charge is 2.36. The molecule has 0 radical (unpaired) electrons. The minimum atomic E-state index is -5.01. The van der Waals surface area contributed by atoms with Crippen molar-refractivity contribution in [3.8, 4) is 0 Å². The Morgan fingerprint density at radius 3 is 1.77 bits per heavy atom. The number of alkyl halides is 6. The van der Waals surface area contributed by atoms with Gasteiger partial charge in [0.15, 0.2) is 0 Å². The van der Waals surface area contributed by atoms with Crippen LogP contribution in [0.25, 0.3) is 0 Å². The molecule has 0 fully saturated rings. The molecule has 0 aliphatic carbocycles. The van der Waals surface area contributed by atoms with Crippen molar-refractivity contribution >= 4 is 52.3 Å². The molecule has 2 aromatic carbocycles. The molecule has 4 nitrogen and oxygen atoms in total. The van der Waals surface area contributed by atoms with Crippen molar-refractivity contribution in [3.05, 3.63) is 62.1 Å². The minimum Gasteiger partial charge on any atom is -0.352 e. The first kappa shape index (κ1) is 25.1. The summed E-state index contributed by atoms with van der Waals surface area (Å²) < 4.78 is 77.2. The SMILES string of the molecule is O=C(CC(=O)Nc1cc(Cl)c(Cl)cc1Cl)NCc1cc(C(F)(F)F)cc(C(F)(F)F)c1. The van der Waals surface area contributed by atoms with E-state index in [0.717, 1.165) is 0 Å². The monoisotopic (exact) mass is 506 g/mol. The van der Waals surface area contributed by atoms with Crippen molar-refractivity contribution in [2.75, 3.05) is 5.32 Å². The molecule has 168 valence electrons. The van der Waals surface area contributed by atoms with Crippen LogP contribution in [-0.2, 0) is 28.5 Å². The van der Waals surface area contributed by atoms with Gasteiger partial charge in [0.2, 0.25) is 11.8 Å². The summed E-state index contributed by atoms with van der Waals surface area (Å²) in [6.07, 6.45) is -10.8. The lowest BCUT2D eigenvalue weighted by atomic mass is 10.0. The van der Waals surface area contributed by atoms with Crippen molar-refractivity contribution in [2.24, 2.45) is 0 Å². The number of rotatable bonds is 5. The normalized spacial score (nSPS) is 11.9. The molecular formula is C18H11Cl3F6N2O2. The van der Waals surface area contributed by atoms with Crippen LogP contribution in [0.2, 0.25) is 15.1 Å². The van der Waals surface area contributed by atoms with Crippen LogP contribution >= 0.6 is 34.8 Å². The van der Waals surface area contributed by atoms with Gasteiger partial charge in [-0.05, 0) is 35.9 Å². The van der Waals surface area contributed by atoms with E-state index in [1.165, 1.54) is 12.1 Å². The Hall–Kier alpha value is -2.17. The van der Waals surface area contributed by atoms with E-state index < -0.39 is 53.8 Å². The standard InChI is InChI=1S/C18H11Cl3F6N2O2/c19-11-4-13(21)14(5-12(11)20)29-16(31)6-15(30)28-7-8-1-9(17(22,23)24)3-10(2-8)18(25,26)27/h1-5H,6-7H2,(H,28,30)(H,29,31). The highest BCUT2D eigenvalue weighted by Crippen LogP contribution is 2.36. The topological polar surface area (TPSA) is 58.2 Å². The highest BCUT2D eigenvalue weighted by atomic mass is 35.5. The maximum Gasteiger partial charge on any atom is 0.416 e. The molecule has 0 atom stereocenters. The predicted molar refractivity (Wildman–Crippen MR) is 103 cm³/mol. The lowest BCUT2D eigenvalue weighted by Crippen LogP contribution is -2.28. The first-order valence-electron chi connectivity index (χ1n) is 8.16. The van der Waals surface area contributed by atoms with Crippen molar-refractivity contribution in [1.82, 2.24) is 5.32 Å². The Kier molecular flexibility index (Phi) is 7.72. The largest absolute Gasteiger partial charge is 0.416 e. The molecule has 0 saturated heterocycles. The number of nitrogens with one attached hydrogen (secondary N) is 2. The van der Waals surface area contributed by atoms with E-state index in [1.54, 1.807) is 0 Å². The van der Waals surface area contributed by atoms with Crippen molar-refractivity contribution in [3.63, 3.8) is 0 Å². The molecule has 2 rings (SSSR count). The second kappa shape index (κ2) is 9.54. The van der Waals surface area contributed by atoms with Gasteiger partial charge in [0.1, 0.15) is 6.42 Å². The summed E-state index contributed by atoms with van der Waals surface area (Å²) in [6.45, 7) is -0.660. The number of hydrogen-bond acceptors (Lipinski definition) is 2. The number of benzene rings is 2. The van der Waals surface area contributed by atoms with E-state index in [1.807, 2.05) is 0 Å². The fraction of sp³-hybridized carbons (Fsp3) is 0.222. The Labute approximate surface area is 186 Å². The summed E-state index contributed by atoms with van der Waals surface area (Å²) >= 11 is 17.4. The quantitative estimate of drug-likeness (QED) is 0.282. The zero-order valence-corrected chi connectivity index (χ0v) is 17.3. The summed E-state index contributed by atoms with van der Waals surface area (Å²) in [5.41, 5.74) is -3.41. The third-order valence-electron chi connectivity index (χ3n) is 3.74. The number of carbonyl (C=O) groups excluding carboxylic acids is 2. The van der Waals surface area contributed by atoms with Crippen LogP contribution in [0.15, 0.2) is 30.3 Å². The van der Waals surface area contributed by atoms with Gasteiger partial charge < -0.3 is 10.6 Å². The third kappa shape index (κ3) is 7.19. The summed E-state index contributed by atoms with van der Waals surface area (Å²) in [5.74, 6) is -1.79.